The van der Waals surface area contributed by atoms with Crippen LogP contribution in [0.2, 0.25) is 0 Å². The Hall–Kier alpha value is -1.35. The Bertz CT molecular complexity index is 763. The minimum absolute atomic E-state index is 0.0303. The van der Waals surface area contributed by atoms with Crippen LogP contribution in [-0.2, 0) is 16.1 Å². The highest BCUT2D eigenvalue weighted by Gasteiger charge is 2.36. The average Bonchev–Trinajstić information content (AvgIpc) is 3.13. The van der Waals surface area contributed by atoms with Crippen molar-refractivity contribution in [3.8, 4) is 10.6 Å². The third-order valence-corrected chi connectivity index (χ3v) is 6.60. The molecule has 0 aliphatic heterocycles. The highest BCUT2D eigenvalue weighted by molar-refractivity contribution is 7.17. The van der Waals surface area contributed by atoms with Gasteiger partial charge in [-0.2, -0.15) is 0 Å². The summed E-state index contributed by atoms with van der Waals surface area (Å²) in [5.41, 5.74) is 1.65. The minimum atomic E-state index is -0.0646. The Kier molecular flexibility index (Phi) is 4.86. The first-order valence-corrected chi connectivity index (χ1v) is 10.3. The van der Waals surface area contributed by atoms with Crippen molar-refractivity contribution in [2.75, 3.05) is 11.9 Å². The number of hydrogen-bond acceptors (Lipinski definition) is 7. The predicted octanol–water partition coefficient (Wildman–Crippen LogP) is 3.21. The Morgan fingerprint density at radius 2 is 2.20 bits per heavy atom. The zero-order valence-electron chi connectivity index (χ0n) is 14.0. The fourth-order valence-electron chi connectivity index (χ4n) is 2.87. The Morgan fingerprint density at radius 1 is 1.40 bits per heavy atom. The molecule has 2 aromatic rings. The quantitative estimate of drug-likeness (QED) is 0.772. The van der Waals surface area contributed by atoms with E-state index in [1.807, 2.05) is 12.3 Å². The maximum Gasteiger partial charge on any atom is 0.229 e. The largest absolute Gasteiger partial charge is 0.389 e. The second-order valence-electron chi connectivity index (χ2n) is 6.77. The molecule has 6 nitrogen and oxygen atoms in total. The number of carbonyl (C=O) groups is 1. The first-order chi connectivity index (χ1) is 12.1. The van der Waals surface area contributed by atoms with E-state index in [1.165, 1.54) is 35.5 Å². The predicted molar refractivity (Wildman–Crippen MR) is 97.7 cm³/mol. The van der Waals surface area contributed by atoms with E-state index in [0.717, 1.165) is 41.6 Å². The number of nitrogens with zero attached hydrogens (tertiary/aromatic N) is 2. The van der Waals surface area contributed by atoms with Gasteiger partial charge in [-0.3, -0.25) is 4.79 Å². The number of thiazole rings is 2. The van der Waals surface area contributed by atoms with Gasteiger partial charge >= 0.3 is 0 Å². The van der Waals surface area contributed by atoms with Crippen LogP contribution < -0.4 is 5.32 Å². The molecule has 2 heterocycles. The maximum absolute atomic E-state index is 12.3. The second-order valence-corrected chi connectivity index (χ2v) is 8.72. The monoisotopic (exact) mass is 379 g/mol. The minimum Gasteiger partial charge on any atom is -0.389 e. The highest BCUT2D eigenvalue weighted by Crippen LogP contribution is 2.36. The van der Waals surface area contributed by atoms with Crippen molar-refractivity contribution in [3.63, 3.8) is 0 Å². The molecule has 2 aromatic heterocycles. The molecule has 0 spiro atoms. The Balaban J connectivity index is 1.30. The van der Waals surface area contributed by atoms with Crippen molar-refractivity contribution < 1.29 is 14.6 Å². The molecule has 25 heavy (non-hydrogen) atoms. The van der Waals surface area contributed by atoms with E-state index in [-0.39, 0.29) is 24.5 Å². The van der Waals surface area contributed by atoms with Crippen LogP contribution in [0.4, 0.5) is 5.13 Å². The number of amides is 1. The van der Waals surface area contributed by atoms with Gasteiger partial charge in [-0.1, -0.05) is 0 Å². The number of ether oxygens (including phenoxy) is 1. The van der Waals surface area contributed by atoms with E-state index >= 15 is 0 Å². The molecule has 0 aromatic carbocycles. The number of nitrogens with one attached hydrogen (secondary N) is 1. The molecule has 2 saturated carbocycles. The number of aryl methyl sites for hydroxylation is 1. The van der Waals surface area contributed by atoms with Crippen LogP contribution in [0.1, 0.15) is 36.4 Å². The topological polar surface area (TPSA) is 84.3 Å². The fraction of sp³-hybridized carbons (Fsp3) is 0.588. The van der Waals surface area contributed by atoms with Gasteiger partial charge in [-0.05, 0) is 38.5 Å². The zero-order chi connectivity index (χ0) is 17.4. The summed E-state index contributed by atoms with van der Waals surface area (Å²) in [5, 5.41) is 15.3. The molecule has 0 radical (unpaired) electrons. The lowest BCUT2D eigenvalue weighted by Crippen LogP contribution is -2.39. The van der Waals surface area contributed by atoms with Crippen molar-refractivity contribution in [1.29, 1.82) is 0 Å². The molecule has 2 N–H and O–H groups in total. The molecular formula is C17H21N3O3S2. The number of aliphatic hydroxyl groups excluding tert-OH is 1. The summed E-state index contributed by atoms with van der Waals surface area (Å²) in [6.45, 7) is 2.70. The molecule has 1 amide bonds. The first-order valence-electron chi connectivity index (χ1n) is 8.58. The molecule has 0 unspecified atom stereocenters. The summed E-state index contributed by atoms with van der Waals surface area (Å²) >= 11 is 2.85. The SMILES string of the molecule is Cc1nc(CO)sc1-c1csc(NC(=O)C2CC(OCC3CC3)C2)n1. The standard InChI is InChI=1S/C17H21N3O3S2/c1-9-15(25-14(6-21)18-9)13-8-24-17(19-13)20-16(22)11-4-12(5-11)23-7-10-2-3-10/h8,10-12,21H,2-7H2,1H3,(H,19,20,22). The summed E-state index contributed by atoms with van der Waals surface area (Å²) in [7, 11) is 0. The van der Waals surface area contributed by atoms with E-state index in [1.54, 1.807) is 0 Å². The normalized spacial score (nSPS) is 22.6. The Morgan fingerprint density at radius 3 is 2.88 bits per heavy atom. The molecule has 2 aliphatic carbocycles. The van der Waals surface area contributed by atoms with Crippen LogP contribution >= 0.6 is 22.7 Å². The molecule has 0 bridgehead atoms. The van der Waals surface area contributed by atoms with Gasteiger partial charge in [-0.25, -0.2) is 9.97 Å². The van der Waals surface area contributed by atoms with E-state index in [9.17, 15) is 9.90 Å². The number of anilines is 1. The van der Waals surface area contributed by atoms with E-state index < -0.39 is 0 Å². The van der Waals surface area contributed by atoms with Crippen molar-refractivity contribution in [3.05, 3.63) is 16.1 Å². The third kappa shape index (κ3) is 3.92. The van der Waals surface area contributed by atoms with Crippen molar-refractivity contribution >= 4 is 33.7 Å². The number of carbonyl (C=O) groups excluding carboxylic acids is 1. The van der Waals surface area contributed by atoms with Gasteiger partial charge < -0.3 is 15.2 Å². The van der Waals surface area contributed by atoms with Gasteiger partial charge in [0.25, 0.3) is 0 Å². The molecule has 2 aliphatic rings. The smallest absolute Gasteiger partial charge is 0.229 e. The number of hydrogen-bond donors (Lipinski definition) is 2. The van der Waals surface area contributed by atoms with Crippen LogP contribution in [0.3, 0.4) is 0 Å². The second kappa shape index (κ2) is 7.11. The molecule has 4 rings (SSSR count). The van der Waals surface area contributed by atoms with Crippen LogP contribution in [0, 0.1) is 18.8 Å². The van der Waals surface area contributed by atoms with Crippen molar-refractivity contribution in [1.82, 2.24) is 9.97 Å². The molecular weight excluding hydrogens is 358 g/mol. The van der Waals surface area contributed by atoms with E-state index in [2.05, 4.69) is 15.3 Å². The zero-order valence-corrected chi connectivity index (χ0v) is 15.7. The summed E-state index contributed by atoms with van der Waals surface area (Å²) < 4.78 is 5.80. The maximum atomic E-state index is 12.3. The molecule has 134 valence electrons. The van der Waals surface area contributed by atoms with Crippen LogP contribution in [-0.4, -0.2) is 33.7 Å². The van der Waals surface area contributed by atoms with Gasteiger partial charge in [0.2, 0.25) is 5.91 Å². The first kappa shape index (κ1) is 17.1. The summed E-state index contributed by atoms with van der Waals surface area (Å²) in [4.78, 5) is 22.1. The lowest BCUT2D eigenvalue weighted by molar-refractivity contribution is -0.128. The number of aromatic nitrogens is 2. The van der Waals surface area contributed by atoms with Crippen LogP contribution in [0.25, 0.3) is 10.6 Å². The summed E-state index contributed by atoms with van der Waals surface area (Å²) in [6, 6.07) is 0. The third-order valence-electron chi connectivity index (χ3n) is 4.67. The lowest BCUT2D eigenvalue weighted by atomic mass is 9.81. The van der Waals surface area contributed by atoms with Gasteiger partial charge in [0.1, 0.15) is 5.01 Å². The fourth-order valence-corrected chi connectivity index (χ4v) is 4.54. The van der Waals surface area contributed by atoms with Crippen LogP contribution in [0.15, 0.2) is 5.38 Å². The van der Waals surface area contributed by atoms with Gasteiger partial charge in [0.15, 0.2) is 5.13 Å². The van der Waals surface area contributed by atoms with Gasteiger partial charge in [0, 0.05) is 17.9 Å². The highest BCUT2D eigenvalue weighted by atomic mass is 32.1. The lowest BCUT2D eigenvalue weighted by Gasteiger charge is -2.33. The molecule has 8 heteroatoms. The Labute approximate surface area is 154 Å². The summed E-state index contributed by atoms with van der Waals surface area (Å²) in [5.74, 6) is 0.829. The van der Waals surface area contributed by atoms with Gasteiger partial charge in [-0.15, -0.1) is 22.7 Å². The van der Waals surface area contributed by atoms with E-state index in [4.69, 9.17) is 4.74 Å². The van der Waals surface area contributed by atoms with Crippen LogP contribution in [0.5, 0.6) is 0 Å². The summed E-state index contributed by atoms with van der Waals surface area (Å²) in [6.07, 6.45) is 4.46. The van der Waals surface area contributed by atoms with E-state index in [0.29, 0.717) is 10.1 Å². The van der Waals surface area contributed by atoms with Gasteiger partial charge in [0.05, 0.1) is 29.0 Å². The molecule has 0 atom stereocenters. The number of aliphatic hydroxyl groups is 1. The van der Waals surface area contributed by atoms with Crippen molar-refractivity contribution in [2.24, 2.45) is 11.8 Å². The molecule has 2 fully saturated rings. The number of rotatable bonds is 7. The van der Waals surface area contributed by atoms with Crippen molar-refractivity contribution in [2.45, 2.75) is 45.3 Å². The molecule has 0 saturated heterocycles. The average molecular weight is 380 g/mol.